The van der Waals surface area contributed by atoms with Gasteiger partial charge in [-0.1, -0.05) is 12.1 Å². The van der Waals surface area contributed by atoms with Gasteiger partial charge >= 0.3 is 6.18 Å². The van der Waals surface area contributed by atoms with Crippen LogP contribution < -0.4 is 11.1 Å². The largest absolute Gasteiger partial charge is 0.416 e. The lowest BCUT2D eigenvalue weighted by Crippen LogP contribution is -2.63. The van der Waals surface area contributed by atoms with Crippen molar-refractivity contribution in [2.45, 2.75) is 12.0 Å². The number of nitrogens with one attached hydrogen (secondary N) is 2. The highest BCUT2D eigenvalue weighted by Crippen LogP contribution is 2.31. The zero-order valence-electron chi connectivity index (χ0n) is 9.57. The van der Waals surface area contributed by atoms with Crippen molar-refractivity contribution in [2.75, 3.05) is 0 Å². The second kappa shape index (κ2) is 4.25. The molecular formula is C11H11F3N4O. The Kier molecular flexibility index (Phi) is 2.99. The Labute approximate surface area is 106 Å². The van der Waals surface area contributed by atoms with E-state index in [0.717, 1.165) is 24.3 Å². The van der Waals surface area contributed by atoms with E-state index in [0.29, 0.717) is 5.06 Å². The zero-order chi connectivity index (χ0) is 14.3. The molecular weight excluding hydrogens is 261 g/mol. The number of nitrogens with zero attached hydrogens (tertiary/aromatic N) is 1. The van der Waals surface area contributed by atoms with Crippen molar-refractivity contribution < 1.29 is 18.4 Å². The number of nitrogens with two attached hydrogens (primary N) is 1. The smallest absolute Gasteiger partial charge is 0.351 e. The van der Waals surface area contributed by atoms with Crippen molar-refractivity contribution in [1.82, 2.24) is 10.4 Å². The van der Waals surface area contributed by atoms with Gasteiger partial charge in [-0.25, -0.2) is 0 Å². The first-order chi connectivity index (χ1) is 8.75. The van der Waals surface area contributed by atoms with Crippen molar-refractivity contribution in [3.05, 3.63) is 47.7 Å². The lowest BCUT2D eigenvalue weighted by molar-refractivity contribution is -0.137. The third-order valence-corrected chi connectivity index (χ3v) is 2.76. The molecule has 0 saturated heterocycles. The molecule has 0 spiro atoms. The summed E-state index contributed by atoms with van der Waals surface area (Å²) >= 11 is 0. The molecule has 102 valence electrons. The quantitative estimate of drug-likeness (QED) is 0.625. The third kappa shape index (κ3) is 2.27. The Bertz CT molecular complexity index is 526. The Hall–Kier alpha value is -2.06. The molecule has 1 heterocycles. The Morgan fingerprint density at radius 3 is 2.37 bits per heavy atom. The van der Waals surface area contributed by atoms with Gasteiger partial charge in [-0.2, -0.15) is 18.2 Å². The average Bonchev–Trinajstić information content (AvgIpc) is 2.35. The first-order valence-corrected chi connectivity index (χ1v) is 5.23. The van der Waals surface area contributed by atoms with Crippen LogP contribution in [-0.2, 0) is 12.0 Å². The molecule has 5 N–H and O–H groups in total. The molecule has 8 heteroatoms. The summed E-state index contributed by atoms with van der Waals surface area (Å²) in [7, 11) is 0. The summed E-state index contributed by atoms with van der Waals surface area (Å²) in [6, 6.07) is 4.01. The lowest BCUT2D eigenvalue weighted by Gasteiger charge is -2.39. The third-order valence-electron chi connectivity index (χ3n) is 2.76. The normalized spacial score (nSPS) is 23.4. The summed E-state index contributed by atoms with van der Waals surface area (Å²) in [6.45, 7) is 0. The van der Waals surface area contributed by atoms with Crippen LogP contribution in [-0.4, -0.2) is 16.1 Å². The van der Waals surface area contributed by atoms with Crippen LogP contribution in [0.25, 0.3) is 0 Å². The molecule has 1 aromatic carbocycles. The monoisotopic (exact) mass is 272 g/mol. The highest BCUT2D eigenvalue weighted by Gasteiger charge is 2.38. The van der Waals surface area contributed by atoms with E-state index >= 15 is 0 Å². The number of hydrogen-bond donors (Lipinski definition) is 4. The molecule has 0 fully saturated rings. The van der Waals surface area contributed by atoms with Crippen molar-refractivity contribution in [1.29, 1.82) is 5.41 Å². The van der Waals surface area contributed by atoms with Crippen LogP contribution in [0.4, 0.5) is 13.2 Å². The lowest BCUT2D eigenvalue weighted by atomic mass is 10.0. The van der Waals surface area contributed by atoms with Crippen LogP contribution >= 0.6 is 0 Å². The number of alkyl halides is 3. The van der Waals surface area contributed by atoms with Gasteiger partial charge in [0.05, 0.1) is 5.56 Å². The standard InChI is InChI=1S/C11H11F3N4O/c12-10(13,14)7-1-3-8(4-2-7)11(16)17-6-5-9(15)18(11)19/h1-6,15,17,19H,16H2. The van der Waals surface area contributed by atoms with Gasteiger partial charge in [0.15, 0.2) is 5.84 Å². The second-order valence-corrected chi connectivity index (χ2v) is 4.02. The first kappa shape index (κ1) is 13.4. The Morgan fingerprint density at radius 1 is 1.26 bits per heavy atom. The molecule has 0 radical (unpaired) electrons. The summed E-state index contributed by atoms with van der Waals surface area (Å²) < 4.78 is 37.3. The van der Waals surface area contributed by atoms with E-state index in [1.165, 1.54) is 12.3 Å². The van der Waals surface area contributed by atoms with Crippen molar-refractivity contribution in [2.24, 2.45) is 5.73 Å². The van der Waals surface area contributed by atoms with Crippen molar-refractivity contribution >= 4 is 5.84 Å². The van der Waals surface area contributed by atoms with Gasteiger partial charge in [-0.05, 0) is 18.2 Å². The van der Waals surface area contributed by atoms with Crippen LogP contribution in [0.3, 0.4) is 0 Å². The molecule has 1 aromatic rings. The number of hydroxylamine groups is 2. The van der Waals surface area contributed by atoms with Crippen LogP contribution in [0.1, 0.15) is 11.1 Å². The van der Waals surface area contributed by atoms with Gasteiger partial charge in [0.25, 0.3) is 0 Å². The van der Waals surface area contributed by atoms with Crippen LogP contribution in [0.15, 0.2) is 36.5 Å². The molecule has 1 aliphatic heterocycles. The van der Waals surface area contributed by atoms with Crippen molar-refractivity contribution in [3.63, 3.8) is 0 Å². The average molecular weight is 272 g/mol. The van der Waals surface area contributed by atoms with E-state index in [1.54, 1.807) is 0 Å². The molecule has 0 aromatic heterocycles. The molecule has 2 rings (SSSR count). The Balaban J connectivity index is 2.37. The zero-order valence-corrected chi connectivity index (χ0v) is 9.57. The summed E-state index contributed by atoms with van der Waals surface area (Å²) in [4.78, 5) is 0. The highest BCUT2D eigenvalue weighted by molar-refractivity contribution is 5.90. The van der Waals surface area contributed by atoms with E-state index in [4.69, 9.17) is 11.1 Å². The van der Waals surface area contributed by atoms with Gasteiger partial charge < -0.3 is 5.32 Å². The first-order valence-electron chi connectivity index (χ1n) is 5.23. The van der Waals surface area contributed by atoms with E-state index < -0.39 is 17.5 Å². The van der Waals surface area contributed by atoms with Crippen molar-refractivity contribution in [3.8, 4) is 0 Å². The van der Waals surface area contributed by atoms with E-state index in [2.05, 4.69) is 5.32 Å². The maximum atomic E-state index is 12.4. The van der Waals surface area contributed by atoms with Gasteiger partial charge in [0.2, 0.25) is 5.79 Å². The molecule has 0 saturated carbocycles. The second-order valence-electron chi connectivity index (χ2n) is 4.02. The molecule has 0 amide bonds. The maximum Gasteiger partial charge on any atom is 0.416 e. The number of halogens is 3. The highest BCUT2D eigenvalue weighted by atomic mass is 19.4. The number of amidine groups is 1. The van der Waals surface area contributed by atoms with E-state index in [-0.39, 0.29) is 11.4 Å². The number of hydrogen-bond acceptors (Lipinski definition) is 4. The van der Waals surface area contributed by atoms with Gasteiger partial charge in [0, 0.05) is 11.8 Å². The van der Waals surface area contributed by atoms with Crippen LogP contribution in [0.2, 0.25) is 0 Å². The molecule has 0 aliphatic carbocycles. The topological polar surface area (TPSA) is 85.4 Å². The fourth-order valence-corrected chi connectivity index (χ4v) is 1.69. The van der Waals surface area contributed by atoms with Crippen LogP contribution in [0, 0.1) is 5.41 Å². The Morgan fingerprint density at radius 2 is 1.84 bits per heavy atom. The molecule has 1 unspecified atom stereocenters. The summed E-state index contributed by atoms with van der Waals surface area (Å²) in [5, 5.41) is 20.2. The number of rotatable bonds is 1. The van der Waals surface area contributed by atoms with E-state index in [9.17, 15) is 18.4 Å². The molecule has 5 nitrogen and oxygen atoms in total. The fourth-order valence-electron chi connectivity index (χ4n) is 1.69. The molecule has 1 atom stereocenters. The minimum Gasteiger partial charge on any atom is -0.351 e. The maximum absolute atomic E-state index is 12.4. The predicted octanol–water partition coefficient (Wildman–Crippen LogP) is 1.56. The van der Waals surface area contributed by atoms with Gasteiger partial charge in [-0.3, -0.25) is 16.4 Å². The summed E-state index contributed by atoms with van der Waals surface area (Å²) in [6.07, 6.45) is -1.84. The molecule has 19 heavy (non-hydrogen) atoms. The van der Waals surface area contributed by atoms with Crippen LogP contribution in [0.5, 0.6) is 0 Å². The van der Waals surface area contributed by atoms with Gasteiger partial charge in [0.1, 0.15) is 0 Å². The summed E-state index contributed by atoms with van der Waals surface area (Å²) in [5.41, 5.74) is 5.24. The molecule has 1 aliphatic rings. The van der Waals surface area contributed by atoms with E-state index in [1.807, 2.05) is 0 Å². The molecule has 0 bridgehead atoms. The minimum atomic E-state index is -4.44. The van der Waals surface area contributed by atoms with Gasteiger partial charge in [-0.15, -0.1) is 0 Å². The predicted molar refractivity (Wildman–Crippen MR) is 60.9 cm³/mol. The SMILES string of the molecule is N=C1C=CNC(N)(c2ccc(C(F)(F)F)cc2)N1O. The minimum absolute atomic E-state index is 0.192. The number of benzene rings is 1. The fraction of sp³-hybridized carbons (Fsp3) is 0.182. The summed E-state index contributed by atoms with van der Waals surface area (Å²) in [5.74, 6) is -1.95.